The first-order valence-corrected chi connectivity index (χ1v) is 11.6. The molecule has 2 rings (SSSR count). The third-order valence-electron chi connectivity index (χ3n) is 4.66. The van der Waals surface area contributed by atoms with E-state index in [1.165, 1.54) is 24.6 Å². The Kier molecular flexibility index (Phi) is 7.89. The zero-order valence-electron chi connectivity index (χ0n) is 14.6. The molecule has 3 N–H and O–H groups in total. The van der Waals surface area contributed by atoms with Crippen LogP contribution in [-0.2, 0) is 19.9 Å². The Morgan fingerprint density at radius 2 is 1.76 bits per heavy atom. The van der Waals surface area contributed by atoms with Crippen LogP contribution in [0.4, 0.5) is 0 Å². The van der Waals surface area contributed by atoms with E-state index < -0.39 is 19.9 Å². The Morgan fingerprint density at radius 3 is 2.28 bits per heavy atom. The molecule has 1 aromatic carbocycles. The number of aryl methyl sites for hydroxylation is 1. The van der Waals surface area contributed by atoms with Crippen molar-refractivity contribution < 1.29 is 16.8 Å². The van der Waals surface area contributed by atoms with Crippen LogP contribution < -0.4 is 10.5 Å². The number of nitrogens with one attached hydrogen (secondary N) is 1. The summed E-state index contributed by atoms with van der Waals surface area (Å²) in [5.41, 5.74) is 6.31. The monoisotopic (exact) mass is 410 g/mol. The fourth-order valence-corrected chi connectivity index (χ4v) is 5.55. The zero-order chi connectivity index (χ0) is 18.0. The normalized spacial score (nSPS) is 17.7. The van der Waals surface area contributed by atoms with E-state index in [9.17, 15) is 16.8 Å². The molecule has 0 bridgehead atoms. The van der Waals surface area contributed by atoms with Crippen LogP contribution in [0, 0.1) is 12.8 Å². The van der Waals surface area contributed by atoms with Gasteiger partial charge in [-0.3, -0.25) is 0 Å². The fourth-order valence-electron chi connectivity index (χ4n) is 3.24. The number of halogens is 1. The van der Waals surface area contributed by atoms with Crippen molar-refractivity contribution in [1.29, 1.82) is 0 Å². The molecule has 1 saturated carbocycles. The molecule has 0 heterocycles. The topological polar surface area (TPSA) is 106 Å². The second kappa shape index (κ2) is 8.81. The van der Waals surface area contributed by atoms with Crippen molar-refractivity contribution >= 4 is 32.3 Å². The SMILES string of the molecule is Cc1ccc(S(C)(=O)=O)cc1S(=O)(=O)NC(CN)C1CCCCC1.Cl. The van der Waals surface area contributed by atoms with E-state index in [0.717, 1.165) is 31.9 Å². The minimum Gasteiger partial charge on any atom is -0.329 e. The van der Waals surface area contributed by atoms with Gasteiger partial charge in [0.15, 0.2) is 9.84 Å². The molecule has 1 fully saturated rings. The standard InChI is InChI=1S/C16H26N2O4S2.ClH/c1-12-8-9-14(23(2,19)20)10-16(12)24(21,22)18-15(11-17)13-6-4-3-5-7-13;/h8-10,13,15,18H,3-7,11,17H2,1-2H3;1H. The quantitative estimate of drug-likeness (QED) is 0.745. The van der Waals surface area contributed by atoms with Gasteiger partial charge in [-0.25, -0.2) is 21.6 Å². The first kappa shape index (κ1) is 22.4. The summed E-state index contributed by atoms with van der Waals surface area (Å²) >= 11 is 0. The molecule has 1 atom stereocenters. The lowest BCUT2D eigenvalue weighted by Crippen LogP contribution is -2.45. The molecule has 6 nitrogen and oxygen atoms in total. The summed E-state index contributed by atoms with van der Waals surface area (Å²) in [7, 11) is -7.30. The van der Waals surface area contributed by atoms with Crippen LogP contribution in [0.1, 0.15) is 37.7 Å². The highest BCUT2D eigenvalue weighted by atomic mass is 35.5. The van der Waals surface area contributed by atoms with Crippen LogP contribution in [0.25, 0.3) is 0 Å². The molecule has 1 aliphatic carbocycles. The molecule has 144 valence electrons. The molecule has 9 heteroatoms. The second-order valence-corrected chi connectivity index (χ2v) is 10.3. The minimum absolute atomic E-state index is 0. The maximum atomic E-state index is 12.8. The average molecular weight is 411 g/mol. The van der Waals surface area contributed by atoms with Crippen LogP contribution in [0.15, 0.2) is 28.0 Å². The first-order chi connectivity index (χ1) is 11.1. The molecule has 0 aliphatic heterocycles. The van der Waals surface area contributed by atoms with Crippen molar-refractivity contribution in [2.24, 2.45) is 11.7 Å². The van der Waals surface area contributed by atoms with Crippen LogP contribution in [0.5, 0.6) is 0 Å². The lowest BCUT2D eigenvalue weighted by Gasteiger charge is -2.30. The number of nitrogens with two attached hydrogens (primary N) is 1. The van der Waals surface area contributed by atoms with E-state index in [-0.39, 0.29) is 40.7 Å². The highest BCUT2D eigenvalue weighted by Crippen LogP contribution is 2.28. The summed E-state index contributed by atoms with van der Waals surface area (Å²) < 4.78 is 51.7. The van der Waals surface area contributed by atoms with Gasteiger partial charge in [0, 0.05) is 18.8 Å². The summed E-state index contributed by atoms with van der Waals surface area (Å²) in [6.07, 6.45) is 6.35. The number of hydrogen-bond donors (Lipinski definition) is 2. The van der Waals surface area contributed by atoms with E-state index in [2.05, 4.69) is 4.72 Å². The molecular weight excluding hydrogens is 384 g/mol. The number of rotatable bonds is 6. The van der Waals surface area contributed by atoms with Gasteiger partial charge in [0.25, 0.3) is 0 Å². The molecule has 1 aliphatic rings. The Hall–Kier alpha value is -0.670. The van der Waals surface area contributed by atoms with E-state index in [4.69, 9.17) is 5.73 Å². The number of sulfonamides is 1. The van der Waals surface area contributed by atoms with Crippen LogP contribution in [-0.4, -0.2) is 35.7 Å². The summed E-state index contributed by atoms with van der Waals surface area (Å²) in [6, 6.07) is 3.84. The molecule has 25 heavy (non-hydrogen) atoms. The predicted molar refractivity (Wildman–Crippen MR) is 101 cm³/mol. The molecule has 0 radical (unpaired) electrons. The second-order valence-electron chi connectivity index (χ2n) is 6.56. The summed E-state index contributed by atoms with van der Waals surface area (Å²) in [4.78, 5) is -0.00451. The number of hydrogen-bond acceptors (Lipinski definition) is 5. The van der Waals surface area contributed by atoms with Gasteiger partial charge in [-0.15, -0.1) is 12.4 Å². The van der Waals surface area contributed by atoms with Crippen molar-refractivity contribution in [1.82, 2.24) is 4.72 Å². The summed E-state index contributed by atoms with van der Waals surface area (Å²) in [5.74, 6) is 0.233. The molecular formula is C16H27ClN2O4S2. The van der Waals surface area contributed by atoms with E-state index in [1.807, 2.05) is 0 Å². The van der Waals surface area contributed by atoms with E-state index in [0.29, 0.717) is 5.56 Å². The van der Waals surface area contributed by atoms with Crippen molar-refractivity contribution in [3.63, 3.8) is 0 Å². The molecule has 0 aromatic heterocycles. The minimum atomic E-state index is -3.83. The molecule has 0 amide bonds. The molecule has 1 unspecified atom stereocenters. The molecule has 0 saturated heterocycles. The van der Waals surface area contributed by atoms with E-state index in [1.54, 1.807) is 6.92 Å². The maximum absolute atomic E-state index is 12.8. The Balaban J connectivity index is 0.00000312. The van der Waals surface area contributed by atoms with E-state index >= 15 is 0 Å². The van der Waals surface area contributed by atoms with Crippen molar-refractivity contribution in [3.05, 3.63) is 23.8 Å². The van der Waals surface area contributed by atoms with Gasteiger partial charge < -0.3 is 5.73 Å². The number of sulfone groups is 1. The lowest BCUT2D eigenvalue weighted by molar-refractivity contribution is 0.294. The average Bonchev–Trinajstić information content (AvgIpc) is 2.52. The fraction of sp³-hybridized carbons (Fsp3) is 0.625. The summed E-state index contributed by atoms with van der Waals surface area (Å²) in [5, 5.41) is 0. The molecule has 0 spiro atoms. The van der Waals surface area contributed by atoms with Gasteiger partial charge in [-0.05, 0) is 43.4 Å². The lowest BCUT2D eigenvalue weighted by atomic mass is 9.84. The highest BCUT2D eigenvalue weighted by molar-refractivity contribution is 7.91. The first-order valence-electron chi connectivity index (χ1n) is 8.18. The molecule has 1 aromatic rings. The van der Waals surface area contributed by atoms with Gasteiger partial charge in [-0.1, -0.05) is 25.3 Å². The number of benzene rings is 1. The zero-order valence-corrected chi connectivity index (χ0v) is 17.0. The van der Waals surface area contributed by atoms with Crippen molar-refractivity contribution in [3.8, 4) is 0 Å². The Morgan fingerprint density at radius 1 is 1.16 bits per heavy atom. The van der Waals surface area contributed by atoms with Crippen molar-refractivity contribution in [2.75, 3.05) is 12.8 Å². The Bertz CT molecular complexity index is 788. The maximum Gasteiger partial charge on any atom is 0.241 e. The van der Waals surface area contributed by atoms with Gasteiger partial charge in [0.05, 0.1) is 9.79 Å². The Labute approximate surface area is 157 Å². The largest absolute Gasteiger partial charge is 0.329 e. The summed E-state index contributed by atoms with van der Waals surface area (Å²) in [6.45, 7) is 1.88. The van der Waals surface area contributed by atoms with Gasteiger partial charge in [0.2, 0.25) is 10.0 Å². The van der Waals surface area contributed by atoms with Crippen LogP contribution in [0.3, 0.4) is 0 Å². The highest BCUT2D eigenvalue weighted by Gasteiger charge is 2.28. The third kappa shape index (κ3) is 5.65. The van der Waals surface area contributed by atoms with Gasteiger partial charge in [0.1, 0.15) is 0 Å². The predicted octanol–water partition coefficient (Wildman–Crippen LogP) is 2.01. The van der Waals surface area contributed by atoms with Crippen LogP contribution in [0.2, 0.25) is 0 Å². The van der Waals surface area contributed by atoms with Crippen LogP contribution >= 0.6 is 12.4 Å². The smallest absolute Gasteiger partial charge is 0.241 e. The van der Waals surface area contributed by atoms with Crippen molar-refractivity contribution in [2.45, 2.75) is 54.9 Å². The van der Waals surface area contributed by atoms with Gasteiger partial charge >= 0.3 is 0 Å². The van der Waals surface area contributed by atoms with Gasteiger partial charge in [-0.2, -0.15) is 0 Å². The third-order valence-corrected chi connectivity index (χ3v) is 7.40.